The smallest absolute Gasteiger partial charge is 0.339 e. The number of methoxy groups -OCH3 is 1. The number of esters is 1. The molecule has 0 bridgehead atoms. The maximum absolute atomic E-state index is 13.0. The molecule has 2 aliphatic heterocycles. The van der Waals surface area contributed by atoms with E-state index in [1.165, 1.54) is 7.11 Å². The zero-order valence-electron chi connectivity index (χ0n) is 17.0. The van der Waals surface area contributed by atoms with E-state index in [1.54, 1.807) is 13.8 Å². The molecule has 3 heterocycles. The minimum Gasteiger partial charge on any atom is -0.465 e. The van der Waals surface area contributed by atoms with E-state index in [0.29, 0.717) is 55.3 Å². The van der Waals surface area contributed by atoms with E-state index in [0.717, 1.165) is 12.8 Å². The number of ether oxygens (including phenoxy) is 2. The molecule has 1 amide bonds. The number of piperazine rings is 1. The van der Waals surface area contributed by atoms with Gasteiger partial charge in [-0.1, -0.05) is 0 Å². The largest absolute Gasteiger partial charge is 0.465 e. The number of ketones is 1. The summed E-state index contributed by atoms with van der Waals surface area (Å²) < 4.78 is 10.3. The molecule has 1 aromatic rings. The van der Waals surface area contributed by atoms with Crippen molar-refractivity contribution in [2.75, 3.05) is 39.9 Å². The van der Waals surface area contributed by atoms with Gasteiger partial charge in [0.1, 0.15) is 6.10 Å². The van der Waals surface area contributed by atoms with Gasteiger partial charge in [-0.15, -0.1) is 0 Å². The first-order valence-electron chi connectivity index (χ1n) is 9.81. The summed E-state index contributed by atoms with van der Waals surface area (Å²) in [7, 11) is 1.33. The highest BCUT2D eigenvalue weighted by molar-refractivity contribution is 6.03. The number of nitrogens with zero attached hydrogens (tertiary/aromatic N) is 2. The lowest BCUT2D eigenvalue weighted by atomic mass is 10.0. The fourth-order valence-electron chi connectivity index (χ4n) is 4.09. The van der Waals surface area contributed by atoms with Crippen LogP contribution >= 0.6 is 0 Å². The molecule has 8 nitrogen and oxygen atoms in total. The van der Waals surface area contributed by atoms with Crippen LogP contribution in [-0.2, 0) is 14.3 Å². The molecule has 0 radical (unpaired) electrons. The van der Waals surface area contributed by atoms with Gasteiger partial charge in [0.25, 0.3) is 5.91 Å². The van der Waals surface area contributed by atoms with Gasteiger partial charge in [0, 0.05) is 38.5 Å². The van der Waals surface area contributed by atoms with Crippen molar-refractivity contribution in [2.45, 2.75) is 45.8 Å². The van der Waals surface area contributed by atoms with Crippen LogP contribution in [0.3, 0.4) is 0 Å². The number of hydrogen-bond donors (Lipinski definition) is 1. The molecule has 154 valence electrons. The predicted molar refractivity (Wildman–Crippen MR) is 103 cm³/mol. The zero-order valence-corrected chi connectivity index (χ0v) is 17.0. The molecule has 3 rings (SSSR count). The first-order chi connectivity index (χ1) is 13.3. The second kappa shape index (κ2) is 8.45. The van der Waals surface area contributed by atoms with Gasteiger partial charge in [0.15, 0.2) is 5.78 Å². The summed E-state index contributed by atoms with van der Waals surface area (Å²) in [6.07, 6.45) is 1.43. The third kappa shape index (κ3) is 3.84. The third-order valence-electron chi connectivity index (χ3n) is 5.83. The average molecular weight is 391 g/mol. The Morgan fingerprint density at radius 1 is 1.18 bits per heavy atom. The fourth-order valence-corrected chi connectivity index (χ4v) is 4.09. The molecule has 2 aliphatic rings. The van der Waals surface area contributed by atoms with Crippen LogP contribution in [0.2, 0.25) is 0 Å². The van der Waals surface area contributed by atoms with Crippen LogP contribution in [0.1, 0.15) is 51.9 Å². The number of amides is 1. The summed E-state index contributed by atoms with van der Waals surface area (Å²) >= 11 is 0. The number of rotatable bonds is 5. The van der Waals surface area contributed by atoms with Crippen LogP contribution < -0.4 is 0 Å². The highest BCUT2D eigenvalue weighted by Gasteiger charge is 2.34. The van der Waals surface area contributed by atoms with Gasteiger partial charge in [-0.2, -0.15) is 0 Å². The summed E-state index contributed by atoms with van der Waals surface area (Å²) in [6.45, 7) is 8.49. The highest BCUT2D eigenvalue weighted by atomic mass is 16.5. The summed E-state index contributed by atoms with van der Waals surface area (Å²) in [5.74, 6) is -0.441. The highest BCUT2D eigenvalue weighted by Crippen LogP contribution is 2.22. The van der Waals surface area contributed by atoms with E-state index in [-0.39, 0.29) is 23.8 Å². The molecule has 1 N–H and O–H groups in total. The Kier molecular flexibility index (Phi) is 6.20. The Morgan fingerprint density at radius 3 is 2.43 bits per heavy atom. The predicted octanol–water partition coefficient (Wildman–Crippen LogP) is 1.31. The Hall–Kier alpha value is -2.19. The summed E-state index contributed by atoms with van der Waals surface area (Å²) in [5, 5.41) is 0. The molecule has 1 aromatic heterocycles. The van der Waals surface area contributed by atoms with E-state index >= 15 is 0 Å². The van der Waals surface area contributed by atoms with Crippen LogP contribution in [0.15, 0.2) is 0 Å². The van der Waals surface area contributed by atoms with Gasteiger partial charge >= 0.3 is 5.97 Å². The molecule has 2 atom stereocenters. The Balaban J connectivity index is 1.63. The van der Waals surface area contributed by atoms with Crippen LogP contribution in [0, 0.1) is 13.8 Å². The molecule has 2 fully saturated rings. The lowest BCUT2D eigenvalue weighted by Gasteiger charge is -2.38. The molecular formula is C20H29N3O5. The monoisotopic (exact) mass is 391 g/mol. The lowest BCUT2D eigenvalue weighted by Crippen LogP contribution is -2.54. The van der Waals surface area contributed by atoms with Gasteiger partial charge < -0.3 is 19.4 Å². The van der Waals surface area contributed by atoms with Crippen molar-refractivity contribution in [1.82, 2.24) is 14.8 Å². The fraction of sp³-hybridized carbons (Fsp3) is 0.650. The number of aromatic nitrogens is 1. The number of H-pyrrole nitrogens is 1. The van der Waals surface area contributed by atoms with Crippen LogP contribution in [-0.4, -0.2) is 84.5 Å². The van der Waals surface area contributed by atoms with E-state index in [9.17, 15) is 14.4 Å². The summed E-state index contributed by atoms with van der Waals surface area (Å²) in [4.78, 5) is 44.4. The van der Waals surface area contributed by atoms with Gasteiger partial charge in [-0.05, 0) is 39.2 Å². The average Bonchev–Trinajstić information content (AvgIpc) is 3.34. The molecule has 8 heteroatoms. The molecule has 28 heavy (non-hydrogen) atoms. The minimum absolute atomic E-state index is 0.0605. The maximum atomic E-state index is 13.0. The first kappa shape index (κ1) is 20.5. The number of aromatic amines is 1. The zero-order chi connectivity index (χ0) is 20.4. The number of hydrogen-bond acceptors (Lipinski definition) is 6. The molecule has 0 spiro atoms. The molecular weight excluding hydrogens is 362 g/mol. The first-order valence-corrected chi connectivity index (χ1v) is 9.81. The summed E-state index contributed by atoms with van der Waals surface area (Å²) in [5.41, 5.74) is 2.12. The Labute approximate surface area is 165 Å². The summed E-state index contributed by atoms with van der Waals surface area (Å²) in [6, 6.07) is -0.345. The van der Waals surface area contributed by atoms with Crippen LogP contribution in [0.5, 0.6) is 0 Å². The standard InChI is InChI=1S/C20H29N3O5/c1-12-16(20(26)27-4)13(2)21-17(12)18(24)14(3)22-7-9-23(10-8-22)19(25)15-6-5-11-28-15/h14-15,21H,5-11H2,1-4H3/t14-,15+/m1/s1. The number of aryl methyl sites for hydroxylation is 1. The Morgan fingerprint density at radius 2 is 1.86 bits per heavy atom. The number of nitrogens with one attached hydrogen (secondary N) is 1. The van der Waals surface area contributed by atoms with E-state index in [1.807, 2.05) is 11.8 Å². The van der Waals surface area contributed by atoms with Crippen molar-refractivity contribution in [3.63, 3.8) is 0 Å². The van der Waals surface area contributed by atoms with Gasteiger partial charge in [0.05, 0.1) is 24.4 Å². The van der Waals surface area contributed by atoms with Crippen molar-refractivity contribution in [3.05, 3.63) is 22.5 Å². The number of carbonyl (C=O) groups is 3. The van der Waals surface area contributed by atoms with Crippen molar-refractivity contribution in [2.24, 2.45) is 0 Å². The van der Waals surface area contributed by atoms with E-state index in [4.69, 9.17) is 9.47 Å². The SMILES string of the molecule is COC(=O)c1c(C)[nH]c(C(=O)[C@@H](C)N2CCN(C(=O)[C@@H]3CCCO3)CC2)c1C. The second-order valence-electron chi connectivity index (χ2n) is 7.52. The maximum Gasteiger partial charge on any atom is 0.339 e. The normalized spacial score (nSPS) is 21.6. The van der Waals surface area contributed by atoms with E-state index < -0.39 is 5.97 Å². The molecule has 0 aromatic carbocycles. The van der Waals surface area contributed by atoms with Gasteiger partial charge in [-0.25, -0.2) is 4.79 Å². The lowest BCUT2D eigenvalue weighted by molar-refractivity contribution is -0.142. The van der Waals surface area contributed by atoms with Gasteiger partial charge in [-0.3, -0.25) is 14.5 Å². The topological polar surface area (TPSA) is 91.9 Å². The molecule has 0 aliphatic carbocycles. The molecule has 0 unspecified atom stereocenters. The molecule has 2 saturated heterocycles. The van der Waals surface area contributed by atoms with Crippen molar-refractivity contribution < 1.29 is 23.9 Å². The van der Waals surface area contributed by atoms with Crippen molar-refractivity contribution in [3.8, 4) is 0 Å². The third-order valence-corrected chi connectivity index (χ3v) is 5.83. The van der Waals surface area contributed by atoms with Crippen LogP contribution in [0.4, 0.5) is 0 Å². The van der Waals surface area contributed by atoms with Crippen LogP contribution in [0.25, 0.3) is 0 Å². The Bertz CT molecular complexity index is 758. The second-order valence-corrected chi connectivity index (χ2v) is 7.52. The minimum atomic E-state index is -0.445. The van der Waals surface area contributed by atoms with E-state index in [2.05, 4.69) is 9.88 Å². The van der Waals surface area contributed by atoms with Gasteiger partial charge in [0.2, 0.25) is 0 Å². The number of carbonyl (C=O) groups excluding carboxylic acids is 3. The number of Topliss-reactive ketones (excluding diaryl/α,β-unsaturated/α-hetero) is 1. The van der Waals surface area contributed by atoms with Crippen molar-refractivity contribution in [1.29, 1.82) is 0 Å². The van der Waals surface area contributed by atoms with Crippen molar-refractivity contribution >= 4 is 17.7 Å². The molecule has 0 saturated carbocycles. The quantitative estimate of drug-likeness (QED) is 0.601.